The quantitative estimate of drug-likeness (QED) is 0.531. The highest BCUT2D eigenvalue weighted by atomic mass is 35.5. The number of aromatic carboxylic acids is 1. The molecule has 1 amide bonds. The molecule has 1 aromatic rings. The molecule has 11 heteroatoms. The molecule has 2 aliphatic rings. The molecule has 0 bridgehead atoms. The van der Waals surface area contributed by atoms with E-state index in [2.05, 4.69) is 0 Å². The summed E-state index contributed by atoms with van der Waals surface area (Å²) in [5, 5.41) is 19.3. The Bertz CT molecular complexity index is 801. The second-order valence-electron chi connectivity index (χ2n) is 7.17. The van der Waals surface area contributed by atoms with Gasteiger partial charge in [-0.15, -0.1) is 12.4 Å². The van der Waals surface area contributed by atoms with Crippen molar-refractivity contribution in [2.24, 2.45) is 11.7 Å². The van der Waals surface area contributed by atoms with Gasteiger partial charge in [-0.1, -0.05) is 13.0 Å². The highest BCUT2D eigenvalue weighted by Gasteiger charge is 2.37. The lowest BCUT2D eigenvalue weighted by Gasteiger charge is -2.40. The first-order chi connectivity index (χ1) is 13.3. The predicted octanol–water partition coefficient (Wildman–Crippen LogP) is 0.366. The number of amides is 1. The fourth-order valence-corrected chi connectivity index (χ4v) is 3.41. The van der Waals surface area contributed by atoms with E-state index in [1.54, 1.807) is 24.0 Å². The minimum atomic E-state index is -1.21. The number of carbonyl (C=O) groups is 3. The number of nitrogens with two attached hydrogens (primary N) is 1. The molecule has 158 valence electrons. The Hall–Kier alpha value is -2.30. The highest BCUT2D eigenvalue weighted by molar-refractivity contribution is 6.44. The van der Waals surface area contributed by atoms with E-state index in [0.717, 1.165) is 0 Å². The van der Waals surface area contributed by atoms with Crippen LogP contribution in [0.5, 0.6) is 11.5 Å². The van der Waals surface area contributed by atoms with Crippen LogP contribution in [0, 0.1) is 5.92 Å². The molecule has 3 rings (SSSR count). The van der Waals surface area contributed by atoms with E-state index in [1.807, 2.05) is 0 Å². The van der Waals surface area contributed by atoms with Crippen LogP contribution in [0.2, 0.25) is 6.32 Å². The van der Waals surface area contributed by atoms with Crippen molar-refractivity contribution in [1.82, 2.24) is 4.90 Å². The van der Waals surface area contributed by atoms with Crippen LogP contribution < -0.4 is 15.1 Å². The second kappa shape index (κ2) is 9.47. The van der Waals surface area contributed by atoms with E-state index in [4.69, 9.17) is 15.1 Å². The van der Waals surface area contributed by atoms with Gasteiger partial charge < -0.3 is 30.2 Å². The monoisotopic (exact) mass is 426 g/mol. The molecule has 0 aliphatic carbocycles. The van der Waals surface area contributed by atoms with Gasteiger partial charge in [-0.2, -0.15) is 0 Å². The maximum atomic E-state index is 12.3. The third kappa shape index (κ3) is 5.01. The number of carboxylic acid groups (broad SMARTS) is 1. The third-order valence-electron chi connectivity index (χ3n) is 4.97. The first-order valence-electron chi connectivity index (χ1n) is 9.21. The van der Waals surface area contributed by atoms with Crippen LogP contribution in [-0.4, -0.2) is 65.5 Å². The number of rotatable bonds is 7. The molecule has 0 aromatic heterocycles. The molecule has 0 unspecified atom stereocenters. The van der Waals surface area contributed by atoms with Gasteiger partial charge in [0.05, 0.1) is 19.6 Å². The van der Waals surface area contributed by atoms with Gasteiger partial charge in [-0.25, -0.2) is 4.79 Å². The number of halogens is 1. The Morgan fingerprint density at radius 3 is 2.69 bits per heavy atom. The zero-order chi connectivity index (χ0) is 20.4. The summed E-state index contributed by atoms with van der Waals surface area (Å²) in [6.45, 7) is 2.20. The number of hydrogen-bond acceptors (Lipinski definition) is 7. The lowest BCUT2D eigenvalue weighted by atomic mass is 9.78. The molecule has 0 spiro atoms. The van der Waals surface area contributed by atoms with Gasteiger partial charge in [-0.3, -0.25) is 9.59 Å². The number of benzene rings is 1. The number of carbonyl (C=O) groups excluding carboxylic acids is 2. The normalized spacial score (nSPS) is 16.7. The largest absolute Gasteiger partial charge is 0.535 e. The van der Waals surface area contributed by atoms with Crippen molar-refractivity contribution < 1.29 is 33.9 Å². The fourth-order valence-electron chi connectivity index (χ4n) is 3.41. The Kier molecular flexibility index (Phi) is 7.51. The Labute approximate surface area is 174 Å². The molecule has 0 radical (unpaired) electrons. The first-order valence-corrected chi connectivity index (χ1v) is 9.21. The van der Waals surface area contributed by atoms with Gasteiger partial charge >= 0.3 is 13.1 Å². The van der Waals surface area contributed by atoms with Crippen molar-refractivity contribution in [2.75, 3.05) is 19.6 Å². The van der Waals surface area contributed by atoms with Crippen molar-refractivity contribution in [1.29, 1.82) is 0 Å². The van der Waals surface area contributed by atoms with Gasteiger partial charge in [0.15, 0.2) is 0 Å². The number of carboxylic acids is 1. The molecule has 1 aromatic carbocycles. The summed E-state index contributed by atoms with van der Waals surface area (Å²) >= 11 is 0. The average Bonchev–Trinajstić information content (AvgIpc) is 2.62. The van der Waals surface area contributed by atoms with E-state index >= 15 is 0 Å². The number of ketones is 1. The molecule has 2 heterocycles. The molecule has 1 saturated heterocycles. The minimum absolute atomic E-state index is 0. The fraction of sp³-hybridized carbons (Fsp3) is 0.500. The van der Waals surface area contributed by atoms with E-state index in [1.165, 1.54) is 0 Å². The van der Waals surface area contributed by atoms with Crippen LogP contribution >= 0.6 is 12.4 Å². The SMILES string of the molecule is C[C@@H](CC(=O)CN)C(=O)N1CC(Oc2ccc3c(c2C(=O)O)OB(O)CC3)C1.Cl. The summed E-state index contributed by atoms with van der Waals surface area (Å²) in [5.41, 5.74) is 5.86. The maximum Gasteiger partial charge on any atom is 0.522 e. The molecule has 0 saturated carbocycles. The third-order valence-corrected chi connectivity index (χ3v) is 4.97. The second-order valence-corrected chi connectivity index (χ2v) is 7.17. The number of hydrogen-bond donors (Lipinski definition) is 3. The van der Waals surface area contributed by atoms with Gasteiger partial charge in [0.25, 0.3) is 0 Å². The standard InChI is InChI=1S/C18H23BN2O7.ClH/c1-10(6-12(22)7-20)17(23)21-8-13(9-21)27-14-3-2-11-4-5-19(26)28-16(11)15(14)18(24)25;/h2-3,10,13,26H,4-9,20H2,1H3,(H,24,25);1H/t10-;/m0./s1. The van der Waals surface area contributed by atoms with Crippen LogP contribution in [0.15, 0.2) is 12.1 Å². The molecule has 29 heavy (non-hydrogen) atoms. The lowest BCUT2D eigenvalue weighted by Crippen LogP contribution is -2.57. The zero-order valence-electron chi connectivity index (χ0n) is 16.0. The molecule has 1 fully saturated rings. The van der Waals surface area contributed by atoms with Gasteiger partial charge in [0, 0.05) is 12.3 Å². The summed E-state index contributed by atoms with van der Waals surface area (Å²) in [5.74, 6) is -1.71. The lowest BCUT2D eigenvalue weighted by molar-refractivity contribution is -0.145. The maximum absolute atomic E-state index is 12.3. The Morgan fingerprint density at radius 2 is 2.07 bits per heavy atom. The van der Waals surface area contributed by atoms with E-state index < -0.39 is 19.0 Å². The van der Waals surface area contributed by atoms with Crippen molar-refractivity contribution in [3.63, 3.8) is 0 Å². The van der Waals surface area contributed by atoms with Gasteiger partial charge in [0.2, 0.25) is 5.91 Å². The predicted molar refractivity (Wildman–Crippen MR) is 107 cm³/mol. The highest BCUT2D eigenvalue weighted by Crippen LogP contribution is 2.37. The smallest absolute Gasteiger partial charge is 0.522 e. The number of Topliss-reactive ketones (excluding diaryl/α,β-unsaturated/α-hetero) is 1. The number of fused-ring (bicyclic) bond motifs is 1. The van der Waals surface area contributed by atoms with Crippen molar-refractivity contribution in [3.05, 3.63) is 23.3 Å². The van der Waals surface area contributed by atoms with Crippen LogP contribution in [-0.2, 0) is 16.0 Å². The van der Waals surface area contributed by atoms with Crippen molar-refractivity contribution in [2.45, 2.75) is 32.2 Å². The van der Waals surface area contributed by atoms with E-state index in [0.29, 0.717) is 31.4 Å². The number of likely N-dealkylation sites (tertiary alicyclic amines) is 1. The molecule has 9 nitrogen and oxygen atoms in total. The number of nitrogens with zero attached hydrogens (tertiary/aromatic N) is 1. The Morgan fingerprint density at radius 1 is 1.38 bits per heavy atom. The van der Waals surface area contributed by atoms with Crippen LogP contribution in [0.25, 0.3) is 0 Å². The van der Waals surface area contributed by atoms with Crippen molar-refractivity contribution >= 4 is 37.2 Å². The van der Waals surface area contributed by atoms with Crippen LogP contribution in [0.1, 0.15) is 29.3 Å². The van der Waals surface area contributed by atoms with Gasteiger partial charge in [0.1, 0.15) is 28.9 Å². The summed E-state index contributed by atoms with van der Waals surface area (Å²) in [7, 11) is -1.05. The molecule has 2 aliphatic heterocycles. The van der Waals surface area contributed by atoms with Crippen LogP contribution in [0.3, 0.4) is 0 Å². The van der Waals surface area contributed by atoms with Gasteiger partial charge in [-0.05, 0) is 24.4 Å². The van der Waals surface area contributed by atoms with Crippen molar-refractivity contribution in [3.8, 4) is 11.5 Å². The topological polar surface area (TPSA) is 139 Å². The number of ether oxygens (including phenoxy) is 1. The summed E-state index contributed by atoms with van der Waals surface area (Å²) in [6, 6.07) is 3.31. The summed E-state index contributed by atoms with van der Waals surface area (Å²) in [6.07, 6.45) is 0.662. The molecular formula is C18H24BClN2O7. The van der Waals surface area contributed by atoms with E-state index in [9.17, 15) is 24.5 Å². The number of aryl methyl sites for hydroxylation is 1. The van der Waals surface area contributed by atoms with E-state index in [-0.39, 0.29) is 60.2 Å². The summed E-state index contributed by atoms with van der Waals surface area (Å²) in [4.78, 5) is 37.0. The minimum Gasteiger partial charge on any atom is -0.535 e. The summed E-state index contributed by atoms with van der Waals surface area (Å²) < 4.78 is 11.1. The van der Waals surface area contributed by atoms with Crippen LogP contribution in [0.4, 0.5) is 0 Å². The molecule has 1 atom stereocenters. The first kappa shape index (κ1) is 23.0. The Balaban J connectivity index is 0.00000300. The zero-order valence-corrected chi connectivity index (χ0v) is 16.8. The average molecular weight is 427 g/mol. The molecular weight excluding hydrogens is 402 g/mol. The molecule has 4 N–H and O–H groups in total.